The van der Waals surface area contributed by atoms with E-state index >= 15 is 0 Å². The average molecular weight is 251 g/mol. The summed E-state index contributed by atoms with van der Waals surface area (Å²) >= 11 is 0. The highest BCUT2D eigenvalue weighted by atomic mass is 35.5. The molecule has 0 atom stereocenters. The molecular formula is C10H13ClF2N2O. The fraction of sp³-hybridized carbons (Fsp3) is 0.300. The molecule has 0 aliphatic carbocycles. The Bertz CT molecular complexity index is 352. The third kappa shape index (κ3) is 4.55. The van der Waals surface area contributed by atoms with Gasteiger partial charge in [0.1, 0.15) is 17.5 Å². The monoisotopic (exact) mass is 250 g/mol. The minimum Gasteiger partial charge on any atom is -0.384 e. The van der Waals surface area contributed by atoms with Crippen molar-refractivity contribution in [3.8, 4) is 0 Å². The SMILES string of the molecule is COCCN=C(N)c1cc(F)cc(F)c1.Cl. The molecule has 2 N–H and O–H groups in total. The molecule has 90 valence electrons. The van der Waals surface area contributed by atoms with Crippen LogP contribution in [0.4, 0.5) is 8.78 Å². The normalized spacial score (nSPS) is 11.1. The Balaban J connectivity index is 0.00000225. The maximum absolute atomic E-state index is 12.8. The zero-order chi connectivity index (χ0) is 11.3. The Kier molecular flexibility index (Phi) is 6.60. The van der Waals surface area contributed by atoms with E-state index in [2.05, 4.69) is 4.99 Å². The fourth-order valence-electron chi connectivity index (χ4n) is 1.05. The van der Waals surface area contributed by atoms with Gasteiger partial charge in [-0.1, -0.05) is 0 Å². The summed E-state index contributed by atoms with van der Waals surface area (Å²) in [7, 11) is 1.54. The lowest BCUT2D eigenvalue weighted by Crippen LogP contribution is -2.15. The maximum atomic E-state index is 12.8. The Labute approximate surface area is 98.7 Å². The Morgan fingerprint density at radius 1 is 1.31 bits per heavy atom. The van der Waals surface area contributed by atoms with Crippen molar-refractivity contribution in [3.63, 3.8) is 0 Å². The molecule has 1 rings (SSSR count). The number of benzene rings is 1. The Morgan fingerprint density at radius 3 is 2.38 bits per heavy atom. The summed E-state index contributed by atoms with van der Waals surface area (Å²) in [6.45, 7) is 0.777. The van der Waals surface area contributed by atoms with Gasteiger partial charge in [0, 0.05) is 18.7 Å². The zero-order valence-corrected chi connectivity index (χ0v) is 9.56. The molecule has 0 aliphatic rings. The van der Waals surface area contributed by atoms with E-state index in [-0.39, 0.29) is 23.8 Å². The highest BCUT2D eigenvalue weighted by molar-refractivity contribution is 5.97. The Morgan fingerprint density at radius 2 is 1.88 bits per heavy atom. The maximum Gasteiger partial charge on any atom is 0.126 e. The van der Waals surface area contributed by atoms with Crippen molar-refractivity contribution in [1.82, 2.24) is 0 Å². The van der Waals surface area contributed by atoms with Gasteiger partial charge in [0.15, 0.2) is 0 Å². The van der Waals surface area contributed by atoms with Gasteiger partial charge in [-0.2, -0.15) is 0 Å². The summed E-state index contributed by atoms with van der Waals surface area (Å²) in [4.78, 5) is 3.90. The first kappa shape index (κ1) is 14.8. The first-order valence-corrected chi connectivity index (χ1v) is 4.39. The lowest BCUT2D eigenvalue weighted by Gasteiger charge is -2.01. The Hall–Kier alpha value is -1.20. The third-order valence-electron chi connectivity index (χ3n) is 1.74. The molecular weight excluding hydrogens is 238 g/mol. The van der Waals surface area contributed by atoms with Crippen LogP contribution in [-0.4, -0.2) is 26.1 Å². The summed E-state index contributed by atoms with van der Waals surface area (Å²) in [6.07, 6.45) is 0. The number of hydrogen-bond donors (Lipinski definition) is 1. The molecule has 0 aliphatic heterocycles. The molecule has 0 unspecified atom stereocenters. The molecule has 0 saturated carbocycles. The van der Waals surface area contributed by atoms with Gasteiger partial charge >= 0.3 is 0 Å². The number of rotatable bonds is 4. The van der Waals surface area contributed by atoms with E-state index in [4.69, 9.17) is 10.5 Å². The predicted octanol–water partition coefficient (Wildman–Crippen LogP) is 1.74. The number of halogens is 3. The van der Waals surface area contributed by atoms with Crippen LogP contribution in [0.15, 0.2) is 23.2 Å². The number of methoxy groups -OCH3 is 1. The van der Waals surface area contributed by atoms with Crippen LogP contribution in [0, 0.1) is 11.6 Å². The molecule has 1 aromatic carbocycles. The van der Waals surface area contributed by atoms with E-state index in [0.717, 1.165) is 18.2 Å². The molecule has 0 heterocycles. The van der Waals surface area contributed by atoms with E-state index < -0.39 is 11.6 Å². The summed E-state index contributed by atoms with van der Waals surface area (Å²) in [5, 5.41) is 0. The minimum absolute atomic E-state index is 0. The van der Waals surface area contributed by atoms with Crippen LogP contribution in [0.2, 0.25) is 0 Å². The van der Waals surface area contributed by atoms with E-state index in [1.54, 1.807) is 0 Å². The highest BCUT2D eigenvalue weighted by Gasteiger charge is 2.03. The number of ether oxygens (including phenoxy) is 1. The van der Waals surface area contributed by atoms with Crippen molar-refractivity contribution >= 4 is 18.2 Å². The van der Waals surface area contributed by atoms with Crippen LogP contribution >= 0.6 is 12.4 Å². The molecule has 0 saturated heterocycles. The van der Waals surface area contributed by atoms with Crippen molar-refractivity contribution in [3.05, 3.63) is 35.4 Å². The average Bonchev–Trinajstić information content (AvgIpc) is 2.16. The summed E-state index contributed by atoms with van der Waals surface area (Å²) in [6, 6.07) is 3.05. The number of hydrogen-bond acceptors (Lipinski definition) is 2. The van der Waals surface area contributed by atoms with Crippen molar-refractivity contribution in [1.29, 1.82) is 0 Å². The number of amidine groups is 1. The van der Waals surface area contributed by atoms with Crippen LogP contribution in [0.5, 0.6) is 0 Å². The molecule has 0 aromatic heterocycles. The van der Waals surface area contributed by atoms with Crippen molar-refractivity contribution in [2.45, 2.75) is 0 Å². The molecule has 1 aromatic rings. The smallest absolute Gasteiger partial charge is 0.126 e. The van der Waals surface area contributed by atoms with Gasteiger partial charge in [0.2, 0.25) is 0 Å². The van der Waals surface area contributed by atoms with Gasteiger partial charge in [-0.15, -0.1) is 12.4 Å². The lowest BCUT2D eigenvalue weighted by atomic mass is 10.2. The first-order valence-electron chi connectivity index (χ1n) is 4.39. The largest absolute Gasteiger partial charge is 0.384 e. The molecule has 3 nitrogen and oxygen atoms in total. The van der Waals surface area contributed by atoms with E-state index in [1.165, 1.54) is 7.11 Å². The number of nitrogens with two attached hydrogens (primary N) is 1. The topological polar surface area (TPSA) is 47.6 Å². The summed E-state index contributed by atoms with van der Waals surface area (Å²) in [5.74, 6) is -1.24. The van der Waals surface area contributed by atoms with Crippen LogP contribution in [0.25, 0.3) is 0 Å². The van der Waals surface area contributed by atoms with Gasteiger partial charge in [0.25, 0.3) is 0 Å². The minimum atomic E-state index is -0.671. The number of aliphatic imine (C=N–C) groups is 1. The quantitative estimate of drug-likeness (QED) is 0.503. The van der Waals surface area contributed by atoms with Crippen LogP contribution < -0.4 is 5.73 Å². The van der Waals surface area contributed by atoms with Crippen molar-refractivity contribution in [2.75, 3.05) is 20.3 Å². The molecule has 0 fully saturated rings. The standard InChI is InChI=1S/C10H12F2N2O.ClH/c1-15-3-2-14-10(13)7-4-8(11)6-9(12)5-7;/h4-6H,2-3H2,1H3,(H2,13,14);1H. The summed E-state index contributed by atoms with van der Waals surface area (Å²) < 4.78 is 30.4. The number of nitrogens with zero attached hydrogens (tertiary/aromatic N) is 1. The molecule has 0 spiro atoms. The summed E-state index contributed by atoms with van der Waals surface area (Å²) in [5.41, 5.74) is 5.77. The first-order chi connectivity index (χ1) is 7.13. The second kappa shape index (κ2) is 7.14. The van der Waals surface area contributed by atoms with E-state index in [0.29, 0.717) is 13.2 Å². The van der Waals surface area contributed by atoms with Crippen LogP contribution in [0.1, 0.15) is 5.56 Å². The lowest BCUT2D eigenvalue weighted by molar-refractivity contribution is 0.208. The van der Waals surface area contributed by atoms with Crippen LogP contribution in [-0.2, 0) is 4.74 Å². The van der Waals surface area contributed by atoms with Gasteiger partial charge in [-0.05, 0) is 12.1 Å². The molecule has 16 heavy (non-hydrogen) atoms. The van der Waals surface area contributed by atoms with E-state index in [1.807, 2.05) is 0 Å². The molecule has 0 bridgehead atoms. The third-order valence-corrected chi connectivity index (χ3v) is 1.74. The molecule has 0 amide bonds. The predicted molar refractivity (Wildman–Crippen MR) is 61.1 cm³/mol. The van der Waals surface area contributed by atoms with Crippen LogP contribution in [0.3, 0.4) is 0 Å². The van der Waals surface area contributed by atoms with Gasteiger partial charge in [-0.25, -0.2) is 8.78 Å². The van der Waals surface area contributed by atoms with Gasteiger partial charge in [0.05, 0.1) is 13.2 Å². The molecule has 0 radical (unpaired) electrons. The second-order valence-electron chi connectivity index (χ2n) is 2.92. The van der Waals surface area contributed by atoms with E-state index in [9.17, 15) is 8.78 Å². The molecule has 6 heteroatoms. The van der Waals surface area contributed by atoms with Crippen molar-refractivity contribution < 1.29 is 13.5 Å². The fourth-order valence-corrected chi connectivity index (χ4v) is 1.05. The van der Waals surface area contributed by atoms with Gasteiger partial charge in [-0.3, -0.25) is 4.99 Å². The van der Waals surface area contributed by atoms with Crippen molar-refractivity contribution in [2.24, 2.45) is 10.7 Å². The highest BCUT2D eigenvalue weighted by Crippen LogP contribution is 2.07. The van der Waals surface area contributed by atoms with Gasteiger partial charge < -0.3 is 10.5 Å². The zero-order valence-electron chi connectivity index (χ0n) is 8.74. The second-order valence-corrected chi connectivity index (χ2v) is 2.92.